The van der Waals surface area contributed by atoms with Crippen LogP contribution in [0.1, 0.15) is 12.0 Å². The summed E-state index contributed by atoms with van der Waals surface area (Å²) in [5, 5.41) is 0. The summed E-state index contributed by atoms with van der Waals surface area (Å²) in [6.45, 7) is 7.67. The van der Waals surface area contributed by atoms with Crippen molar-refractivity contribution in [1.29, 1.82) is 0 Å². The summed E-state index contributed by atoms with van der Waals surface area (Å²) in [4.78, 5) is 2.42. The molecule has 1 heterocycles. The van der Waals surface area contributed by atoms with Gasteiger partial charge in [0.05, 0.1) is 26.9 Å². The van der Waals surface area contributed by atoms with Gasteiger partial charge in [0, 0.05) is 19.6 Å². The highest BCUT2D eigenvalue weighted by Crippen LogP contribution is 2.22. The van der Waals surface area contributed by atoms with Crippen LogP contribution < -0.4 is 9.47 Å². The van der Waals surface area contributed by atoms with Crippen molar-refractivity contribution in [3.63, 3.8) is 0 Å². The molecule has 0 unspecified atom stereocenters. The first-order valence-electron chi connectivity index (χ1n) is 6.87. The Morgan fingerprint density at radius 3 is 2.74 bits per heavy atom. The van der Waals surface area contributed by atoms with Crippen molar-refractivity contribution >= 4 is 0 Å². The fourth-order valence-electron chi connectivity index (χ4n) is 2.24. The zero-order valence-corrected chi connectivity index (χ0v) is 11.9. The summed E-state index contributed by atoms with van der Waals surface area (Å²) in [6.07, 6.45) is 1.05. The maximum atomic E-state index is 5.76. The Hall–Kier alpha value is -1.26. The van der Waals surface area contributed by atoms with Gasteiger partial charge < -0.3 is 14.2 Å². The molecular weight excluding hydrogens is 242 g/mol. The number of morpholine rings is 1. The van der Waals surface area contributed by atoms with Crippen LogP contribution >= 0.6 is 0 Å². The van der Waals surface area contributed by atoms with E-state index in [9.17, 15) is 0 Å². The molecule has 4 heteroatoms. The van der Waals surface area contributed by atoms with E-state index in [0.717, 1.165) is 62.9 Å². The molecule has 0 N–H and O–H groups in total. The predicted octanol–water partition coefficient (Wildman–Crippen LogP) is 2.10. The molecule has 1 fully saturated rings. The number of nitrogens with zero attached hydrogens (tertiary/aromatic N) is 1. The van der Waals surface area contributed by atoms with Gasteiger partial charge in [-0.15, -0.1) is 0 Å². The number of aryl methyl sites for hydroxylation is 1. The van der Waals surface area contributed by atoms with Crippen LogP contribution in [0.4, 0.5) is 0 Å². The van der Waals surface area contributed by atoms with Crippen LogP contribution in [0.15, 0.2) is 18.2 Å². The summed E-state index contributed by atoms with van der Waals surface area (Å²) in [5.41, 5.74) is 1.10. The molecule has 2 rings (SSSR count). The highest BCUT2D eigenvalue weighted by molar-refractivity contribution is 5.39. The van der Waals surface area contributed by atoms with Crippen LogP contribution in [-0.2, 0) is 4.74 Å². The van der Waals surface area contributed by atoms with Gasteiger partial charge in [0.2, 0.25) is 0 Å². The molecule has 0 saturated carbocycles. The van der Waals surface area contributed by atoms with Crippen molar-refractivity contribution < 1.29 is 14.2 Å². The van der Waals surface area contributed by atoms with Crippen molar-refractivity contribution in [1.82, 2.24) is 4.90 Å². The van der Waals surface area contributed by atoms with Crippen LogP contribution in [0.25, 0.3) is 0 Å². The minimum Gasteiger partial charge on any atom is -0.496 e. The predicted molar refractivity (Wildman–Crippen MR) is 75.1 cm³/mol. The monoisotopic (exact) mass is 265 g/mol. The van der Waals surface area contributed by atoms with E-state index in [1.807, 2.05) is 25.1 Å². The summed E-state index contributed by atoms with van der Waals surface area (Å²) in [7, 11) is 1.69. The van der Waals surface area contributed by atoms with Crippen molar-refractivity contribution in [2.24, 2.45) is 0 Å². The average Bonchev–Trinajstić information content (AvgIpc) is 2.45. The molecule has 106 valence electrons. The normalized spacial score (nSPS) is 16.3. The smallest absolute Gasteiger partial charge is 0.122 e. The third-order valence-corrected chi connectivity index (χ3v) is 3.36. The lowest BCUT2D eigenvalue weighted by atomic mass is 10.2. The Kier molecular flexibility index (Phi) is 5.48. The summed E-state index contributed by atoms with van der Waals surface area (Å²) < 4.78 is 16.3. The highest BCUT2D eigenvalue weighted by Gasteiger charge is 2.09. The average molecular weight is 265 g/mol. The lowest BCUT2D eigenvalue weighted by molar-refractivity contribution is 0.0358. The first kappa shape index (κ1) is 14.2. The molecular formula is C15H23NO3. The second-order valence-corrected chi connectivity index (χ2v) is 4.79. The van der Waals surface area contributed by atoms with Crippen LogP contribution in [0.5, 0.6) is 11.5 Å². The fourth-order valence-corrected chi connectivity index (χ4v) is 2.24. The lowest BCUT2D eigenvalue weighted by Crippen LogP contribution is -2.37. The maximum absolute atomic E-state index is 5.76. The molecule has 19 heavy (non-hydrogen) atoms. The van der Waals surface area contributed by atoms with Crippen molar-refractivity contribution in [3.05, 3.63) is 23.8 Å². The van der Waals surface area contributed by atoms with E-state index in [4.69, 9.17) is 14.2 Å². The van der Waals surface area contributed by atoms with Crippen LogP contribution in [0.2, 0.25) is 0 Å². The summed E-state index contributed by atoms with van der Waals surface area (Å²) in [5.74, 6) is 1.82. The fraction of sp³-hybridized carbons (Fsp3) is 0.600. The van der Waals surface area contributed by atoms with Crippen LogP contribution in [-0.4, -0.2) is 51.5 Å². The molecule has 1 aromatic carbocycles. The Bertz CT molecular complexity index is 389. The Balaban J connectivity index is 1.69. The molecule has 0 aliphatic carbocycles. The molecule has 1 aliphatic rings. The molecule has 0 radical (unpaired) electrons. The first-order valence-corrected chi connectivity index (χ1v) is 6.87. The van der Waals surface area contributed by atoms with Gasteiger partial charge in [-0.3, -0.25) is 4.90 Å². The summed E-state index contributed by atoms with van der Waals surface area (Å²) in [6, 6.07) is 5.93. The Morgan fingerprint density at radius 2 is 2.05 bits per heavy atom. The molecule has 1 aliphatic heterocycles. The van der Waals surface area contributed by atoms with Gasteiger partial charge in [-0.2, -0.15) is 0 Å². The Labute approximate surface area is 115 Å². The Morgan fingerprint density at radius 1 is 1.26 bits per heavy atom. The third kappa shape index (κ3) is 4.40. The topological polar surface area (TPSA) is 30.9 Å². The van der Waals surface area contributed by atoms with E-state index in [2.05, 4.69) is 4.90 Å². The number of rotatable bonds is 6. The van der Waals surface area contributed by atoms with Crippen molar-refractivity contribution in [2.75, 3.05) is 46.6 Å². The molecule has 0 amide bonds. The standard InChI is InChI=1S/C15H23NO3/c1-13-12-14(4-5-15(13)17-2)19-9-3-6-16-7-10-18-11-8-16/h4-5,12H,3,6-11H2,1-2H3. The van der Waals surface area contributed by atoms with Crippen LogP contribution in [0, 0.1) is 6.92 Å². The number of methoxy groups -OCH3 is 1. The van der Waals surface area contributed by atoms with Gasteiger partial charge in [-0.1, -0.05) is 0 Å². The second-order valence-electron chi connectivity index (χ2n) is 4.79. The zero-order valence-electron chi connectivity index (χ0n) is 11.9. The molecule has 0 bridgehead atoms. The van der Waals surface area contributed by atoms with Gasteiger partial charge >= 0.3 is 0 Å². The van der Waals surface area contributed by atoms with E-state index in [-0.39, 0.29) is 0 Å². The van der Waals surface area contributed by atoms with Gasteiger partial charge in [0.25, 0.3) is 0 Å². The second kappa shape index (κ2) is 7.36. The number of ether oxygens (including phenoxy) is 3. The molecule has 0 spiro atoms. The van der Waals surface area contributed by atoms with E-state index >= 15 is 0 Å². The van der Waals surface area contributed by atoms with Crippen LogP contribution in [0.3, 0.4) is 0 Å². The molecule has 1 saturated heterocycles. The van der Waals surface area contributed by atoms with Gasteiger partial charge in [0.1, 0.15) is 11.5 Å². The maximum Gasteiger partial charge on any atom is 0.122 e. The number of benzene rings is 1. The SMILES string of the molecule is COc1ccc(OCCCN2CCOCC2)cc1C. The number of hydrogen-bond donors (Lipinski definition) is 0. The molecule has 4 nitrogen and oxygen atoms in total. The zero-order chi connectivity index (χ0) is 13.5. The van der Waals surface area contributed by atoms with Gasteiger partial charge in [-0.25, -0.2) is 0 Å². The van der Waals surface area contributed by atoms with E-state index in [1.54, 1.807) is 7.11 Å². The third-order valence-electron chi connectivity index (χ3n) is 3.36. The van der Waals surface area contributed by atoms with Gasteiger partial charge in [0.15, 0.2) is 0 Å². The molecule has 1 aromatic rings. The largest absolute Gasteiger partial charge is 0.496 e. The lowest BCUT2D eigenvalue weighted by Gasteiger charge is -2.26. The molecule has 0 atom stereocenters. The first-order chi connectivity index (χ1) is 9.29. The van der Waals surface area contributed by atoms with Crippen molar-refractivity contribution in [3.8, 4) is 11.5 Å². The quantitative estimate of drug-likeness (QED) is 0.737. The minimum atomic E-state index is 0.753. The molecule has 0 aromatic heterocycles. The van der Waals surface area contributed by atoms with E-state index < -0.39 is 0 Å². The van der Waals surface area contributed by atoms with E-state index in [0.29, 0.717) is 0 Å². The van der Waals surface area contributed by atoms with Gasteiger partial charge in [-0.05, 0) is 37.1 Å². The van der Waals surface area contributed by atoms with E-state index in [1.165, 1.54) is 0 Å². The summed E-state index contributed by atoms with van der Waals surface area (Å²) >= 11 is 0. The van der Waals surface area contributed by atoms with Crippen molar-refractivity contribution in [2.45, 2.75) is 13.3 Å². The highest BCUT2D eigenvalue weighted by atomic mass is 16.5. The minimum absolute atomic E-state index is 0.753. The number of hydrogen-bond acceptors (Lipinski definition) is 4.